The van der Waals surface area contributed by atoms with Crippen molar-refractivity contribution in [3.8, 4) is 0 Å². The van der Waals surface area contributed by atoms with E-state index in [0.29, 0.717) is 5.56 Å². The molecule has 0 saturated carbocycles. The zero-order valence-electron chi connectivity index (χ0n) is 9.69. The predicted octanol–water partition coefficient (Wildman–Crippen LogP) is 1.41. The molecule has 0 unspecified atom stereocenters. The van der Waals surface area contributed by atoms with Crippen molar-refractivity contribution in [3.63, 3.8) is 0 Å². The summed E-state index contributed by atoms with van der Waals surface area (Å²) in [5.41, 5.74) is 0.656. The van der Waals surface area contributed by atoms with Crippen LogP contribution in [0.25, 0.3) is 0 Å². The molecule has 17 heavy (non-hydrogen) atoms. The highest BCUT2D eigenvalue weighted by molar-refractivity contribution is 7.92. The summed E-state index contributed by atoms with van der Waals surface area (Å²) in [7, 11) is -0.131. The van der Waals surface area contributed by atoms with E-state index in [0.717, 1.165) is 6.26 Å². The number of hydrogen-bond donors (Lipinski definition) is 1. The van der Waals surface area contributed by atoms with E-state index in [1.54, 1.807) is 14.1 Å². The van der Waals surface area contributed by atoms with Gasteiger partial charge in [-0.25, -0.2) is 8.42 Å². The third kappa shape index (κ3) is 3.90. The summed E-state index contributed by atoms with van der Waals surface area (Å²) in [5.74, 6) is -0.196. The lowest BCUT2D eigenvalue weighted by atomic mass is 10.2. The quantitative estimate of drug-likeness (QED) is 0.908. The molecule has 0 atom stereocenters. The second-order valence-corrected chi connectivity index (χ2v) is 5.92. The van der Waals surface area contributed by atoms with Crippen LogP contribution in [0.3, 0.4) is 0 Å². The van der Waals surface area contributed by atoms with Crippen LogP contribution < -0.4 is 4.72 Å². The maximum absolute atomic E-state index is 11.6. The fourth-order valence-electron chi connectivity index (χ4n) is 1.19. The van der Waals surface area contributed by atoms with Gasteiger partial charge in [-0.15, -0.1) is 0 Å². The number of hydrogen-bond acceptors (Lipinski definition) is 3. The molecule has 1 aromatic rings. The average molecular weight is 277 g/mol. The summed E-state index contributed by atoms with van der Waals surface area (Å²) in [4.78, 5) is 13.0. The topological polar surface area (TPSA) is 66.5 Å². The van der Waals surface area contributed by atoms with Crippen LogP contribution in [0.15, 0.2) is 18.2 Å². The summed E-state index contributed by atoms with van der Waals surface area (Å²) in [6.45, 7) is 0. The fourth-order valence-corrected chi connectivity index (χ4v) is 2.05. The molecule has 0 aliphatic carbocycles. The number of sulfonamides is 1. The predicted molar refractivity (Wildman–Crippen MR) is 67.9 cm³/mol. The van der Waals surface area contributed by atoms with Gasteiger partial charge < -0.3 is 4.90 Å². The van der Waals surface area contributed by atoms with Crippen LogP contribution in [0.1, 0.15) is 10.4 Å². The highest BCUT2D eigenvalue weighted by Crippen LogP contribution is 2.24. The smallest absolute Gasteiger partial charge is 0.253 e. The van der Waals surface area contributed by atoms with E-state index in [1.807, 2.05) is 0 Å². The van der Waals surface area contributed by atoms with Crippen LogP contribution in [-0.4, -0.2) is 39.6 Å². The van der Waals surface area contributed by atoms with Gasteiger partial charge in [0.05, 0.1) is 17.0 Å². The summed E-state index contributed by atoms with van der Waals surface area (Å²) < 4.78 is 24.3. The number of nitrogens with one attached hydrogen (secondary N) is 1. The molecule has 7 heteroatoms. The van der Waals surface area contributed by atoms with Crippen molar-refractivity contribution in [2.75, 3.05) is 25.1 Å². The third-order valence-corrected chi connectivity index (χ3v) is 2.82. The lowest BCUT2D eigenvalue weighted by molar-refractivity contribution is 0.0827. The SMILES string of the molecule is CN(C)C(=O)c1ccc(NS(C)(=O)=O)c(Cl)c1. The molecule has 0 fully saturated rings. The molecular formula is C10H13ClN2O3S. The van der Waals surface area contributed by atoms with E-state index in [-0.39, 0.29) is 16.6 Å². The third-order valence-electron chi connectivity index (χ3n) is 1.92. The Hall–Kier alpha value is -1.27. The Kier molecular flexibility index (Phi) is 4.00. The van der Waals surface area contributed by atoms with Crippen molar-refractivity contribution in [1.82, 2.24) is 4.90 Å². The first-order valence-corrected chi connectivity index (χ1v) is 6.96. The summed E-state index contributed by atoms with van der Waals surface area (Å²) >= 11 is 5.89. The van der Waals surface area contributed by atoms with Crippen molar-refractivity contribution in [3.05, 3.63) is 28.8 Å². The Balaban J connectivity index is 3.06. The minimum Gasteiger partial charge on any atom is -0.345 e. The van der Waals surface area contributed by atoms with Crippen molar-refractivity contribution in [2.24, 2.45) is 0 Å². The fraction of sp³-hybridized carbons (Fsp3) is 0.300. The van der Waals surface area contributed by atoms with E-state index < -0.39 is 10.0 Å². The molecule has 1 rings (SSSR count). The minimum atomic E-state index is -3.38. The summed E-state index contributed by atoms with van der Waals surface area (Å²) in [5, 5.41) is 0.183. The summed E-state index contributed by atoms with van der Waals surface area (Å²) in [6, 6.07) is 4.40. The first-order chi connectivity index (χ1) is 7.70. The number of carbonyl (C=O) groups is 1. The molecule has 0 saturated heterocycles. The largest absolute Gasteiger partial charge is 0.345 e. The highest BCUT2D eigenvalue weighted by atomic mass is 35.5. The minimum absolute atomic E-state index is 0.183. The molecule has 0 radical (unpaired) electrons. The van der Waals surface area contributed by atoms with Gasteiger partial charge in [-0.1, -0.05) is 11.6 Å². The van der Waals surface area contributed by atoms with Gasteiger partial charge in [0.1, 0.15) is 0 Å². The van der Waals surface area contributed by atoms with Crippen LogP contribution in [0.5, 0.6) is 0 Å². The van der Waals surface area contributed by atoms with Crippen LogP contribution in [-0.2, 0) is 10.0 Å². The molecule has 1 amide bonds. The molecule has 1 N–H and O–H groups in total. The van der Waals surface area contributed by atoms with Gasteiger partial charge >= 0.3 is 0 Å². The molecule has 0 aliphatic rings. The van der Waals surface area contributed by atoms with Gasteiger partial charge in [0.2, 0.25) is 10.0 Å². The van der Waals surface area contributed by atoms with Crippen LogP contribution in [0.2, 0.25) is 5.02 Å². The molecule has 0 aliphatic heterocycles. The summed E-state index contributed by atoms with van der Waals surface area (Å²) in [6.07, 6.45) is 1.03. The van der Waals surface area contributed by atoms with Crippen LogP contribution in [0.4, 0.5) is 5.69 Å². The molecule has 1 aromatic carbocycles. The number of rotatable bonds is 3. The maximum Gasteiger partial charge on any atom is 0.253 e. The number of benzene rings is 1. The average Bonchev–Trinajstić information content (AvgIpc) is 2.18. The Bertz CT molecular complexity index is 540. The number of nitrogens with zero attached hydrogens (tertiary/aromatic N) is 1. The molecule has 0 spiro atoms. The van der Waals surface area contributed by atoms with Crippen molar-refractivity contribution in [2.45, 2.75) is 0 Å². The van der Waals surface area contributed by atoms with Gasteiger partial charge in [-0.3, -0.25) is 9.52 Å². The Morgan fingerprint density at radius 2 is 1.94 bits per heavy atom. The monoisotopic (exact) mass is 276 g/mol. The first kappa shape index (κ1) is 13.8. The Morgan fingerprint density at radius 1 is 1.35 bits per heavy atom. The highest BCUT2D eigenvalue weighted by Gasteiger charge is 2.12. The molecule has 0 aromatic heterocycles. The zero-order chi connectivity index (χ0) is 13.2. The molecular weight excluding hydrogens is 264 g/mol. The molecule has 0 bridgehead atoms. The molecule has 0 heterocycles. The van der Waals surface area contributed by atoms with E-state index in [2.05, 4.69) is 4.72 Å². The maximum atomic E-state index is 11.6. The van der Waals surface area contributed by atoms with Gasteiger partial charge in [0.15, 0.2) is 0 Å². The number of amides is 1. The van der Waals surface area contributed by atoms with Crippen molar-refractivity contribution in [1.29, 1.82) is 0 Å². The lowest BCUT2D eigenvalue weighted by Crippen LogP contribution is -2.21. The molecule has 5 nitrogen and oxygen atoms in total. The van der Waals surface area contributed by atoms with Gasteiger partial charge in [-0.2, -0.15) is 0 Å². The normalized spacial score (nSPS) is 11.1. The van der Waals surface area contributed by atoms with E-state index in [9.17, 15) is 13.2 Å². The number of halogens is 1. The van der Waals surface area contributed by atoms with Gasteiger partial charge in [-0.05, 0) is 18.2 Å². The van der Waals surface area contributed by atoms with E-state index in [4.69, 9.17) is 11.6 Å². The Morgan fingerprint density at radius 3 is 2.35 bits per heavy atom. The second-order valence-electron chi connectivity index (χ2n) is 3.77. The van der Waals surface area contributed by atoms with E-state index >= 15 is 0 Å². The number of anilines is 1. The van der Waals surface area contributed by atoms with E-state index in [1.165, 1.54) is 23.1 Å². The van der Waals surface area contributed by atoms with Crippen LogP contribution in [0, 0.1) is 0 Å². The van der Waals surface area contributed by atoms with Gasteiger partial charge in [0, 0.05) is 19.7 Å². The first-order valence-electron chi connectivity index (χ1n) is 4.69. The van der Waals surface area contributed by atoms with Gasteiger partial charge in [0.25, 0.3) is 5.91 Å². The zero-order valence-corrected chi connectivity index (χ0v) is 11.3. The van der Waals surface area contributed by atoms with Crippen molar-refractivity contribution >= 4 is 33.2 Å². The lowest BCUT2D eigenvalue weighted by Gasteiger charge is -2.12. The Labute approximate surface area is 105 Å². The second kappa shape index (κ2) is 4.93. The van der Waals surface area contributed by atoms with Crippen molar-refractivity contribution < 1.29 is 13.2 Å². The number of carbonyl (C=O) groups excluding carboxylic acids is 1. The molecule has 94 valence electrons. The standard InChI is InChI=1S/C10H13ClN2O3S/c1-13(2)10(14)7-4-5-9(8(11)6-7)12-17(3,15)16/h4-6,12H,1-3H3. The van der Waals surface area contributed by atoms with Crippen LogP contribution >= 0.6 is 11.6 Å².